The largest absolute Gasteiger partial charge is 0.375 e. The van der Waals surface area contributed by atoms with Crippen LogP contribution < -0.4 is 5.56 Å². The Bertz CT molecular complexity index is 860. The van der Waals surface area contributed by atoms with E-state index in [9.17, 15) is 4.79 Å². The molecule has 1 aromatic heterocycles. The van der Waals surface area contributed by atoms with Crippen molar-refractivity contribution in [2.45, 2.75) is 56.8 Å². The third kappa shape index (κ3) is 4.44. The van der Waals surface area contributed by atoms with Crippen molar-refractivity contribution in [1.82, 2.24) is 14.5 Å². The molecule has 6 heteroatoms. The number of hydrogen-bond acceptors (Lipinski definition) is 5. The molecular weight excluding hydrogens is 370 g/mol. The van der Waals surface area contributed by atoms with Gasteiger partial charge in [0.05, 0.1) is 23.6 Å². The van der Waals surface area contributed by atoms with Crippen LogP contribution in [0.15, 0.2) is 34.2 Å². The molecule has 1 aliphatic carbocycles. The fourth-order valence-electron chi connectivity index (χ4n) is 4.44. The molecule has 1 unspecified atom stereocenters. The third-order valence-electron chi connectivity index (χ3n) is 5.71. The van der Waals surface area contributed by atoms with Crippen LogP contribution in [0, 0.1) is 5.92 Å². The highest BCUT2D eigenvalue weighted by Gasteiger charge is 2.25. The van der Waals surface area contributed by atoms with Crippen molar-refractivity contribution in [3.05, 3.63) is 34.6 Å². The summed E-state index contributed by atoms with van der Waals surface area (Å²) in [6.07, 6.45) is 4.75. The highest BCUT2D eigenvalue weighted by molar-refractivity contribution is 7.99. The summed E-state index contributed by atoms with van der Waals surface area (Å²) in [4.78, 5) is 20.6. The topological polar surface area (TPSA) is 47.4 Å². The van der Waals surface area contributed by atoms with E-state index in [-0.39, 0.29) is 17.7 Å². The minimum Gasteiger partial charge on any atom is -0.375 e. The summed E-state index contributed by atoms with van der Waals surface area (Å²) in [6, 6.07) is 8.02. The minimum atomic E-state index is 0.117. The summed E-state index contributed by atoms with van der Waals surface area (Å²) in [5.41, 5.74) is 0.918. The minimum absolute atomic E-state index is 0.117. The van der Waals surface area contributed by atoms with Crippen LogP contribution in [-0.4, -0.2) is 52.5 Å². The van der Waals surface area contributed by atoms with E-state index in [1.807, 2.05) is 28.8 Å². The summed E-state index contributed by atoms with van der Waals surface area (Å²) >= 11 is 1.69. The number of fused-ring (bicyclic) bond motifs is 1. The van der Waals surface area contributed by atoms with Crippen LogP contribution in [0.1, 0.15) is 45.6 Å². The summed E-state index contributed by atoms with van der Waals surface area (Å²) in [5.74, 6) is 1.51. The van der Waals surface area contributed by atoms with E-state index in [4.69, 9.17) is 9.72 Å². The number of thioether (sulfide) groups is 1. The number of nitrogens with zero attached hydrogens (tertiary/aromatic N) is 3. The number of aromatic nitrogens is 2. The zero-order valence-electron chi connectivity index (χ0n) is 17.0. The smallest absolute Gasteiger partial charge is 0.262 e. The van der Waals surface area contributed by atoms with Gasteiger partial charge in [0.2, 0.25) is 0 Å². The first-order valence-corrected chi connectivity index (χ1v) is 11.6. The number of ether oxygens (including phenoxy) is 1. The Labute approximate surface area is 171 Å². The van der Waals surface area contributed by atoms with Crippen LogP contribution in [0.3, 0.4) is 0 Å². The van der Waals surface area contributed by atoms with Crippen LogP contribution in [-0.2, 0) is 4.74 Å². The molecule has 28 heavy (non-hydrogen) atoms. The quantitative estimate of drug-likeness (QED) is 0.542. The number of hydrogen-bond donors (Lipinski definition) is 0. The van der Waals surface area contributed by atoms with Crippen LogP contribution in [0.5, 0.6) is 0 Å². The number of rotatable bonds is 6. The molecule has 2 aromatic rings. The molecule has 1 aliphatic heterocycles. The fourth-order valence-corrected chi connectivity index (χ4v) is 5.51. The van der Waals surface area contributed by atoms with Gasteiger partial charge >= 0.3 is 0 Å². The first kappa shape index (κ1) is 19.9. The van der Waals surface area contributed by atoms with Gasteiger partial charge in [-0.2, -0.15) is 0 Å². The Morgan fingerprint density at radius 1 is 1.25 bits per heavy atom. The predicted molar refractivity (Wildman–Crippen MR) is 115 cm³/mol. The zero-order chi connectivity index (χ0) is 19.5. The summed E-state index contributed by atoms with van der Waals surface area (Å²) in [5, 5.41) is 1.59. The second kappa shape index (κ2) is 8.97. The molecule has 2 aliphatic rings. The SMILES string of the molecule is CC(C)CN1CCOC(CSc2nc3ccccc3c(=O)n2C2CCCC2)C1. The van der Waals surface area contributed by atoms with Gasteiger partial charge in [-0.3, -0.25) is 14.3 Å². The number of morpholine rings is 1. The molecule has 0 spiro atoms. The summed E-state index contributed by atoms with van der Waals surface area (Å²) in [6.45, 7) is 8.41. The number of para-hydroxylation sites is 1. The van der Waals surface area contributed by atoms with E-state index < -0.39 is 0 Å². The Morgan fingerprint density at radius 2 is 2.04 bits per heavy atom. The second-order valence-corrected chi connectivity index (χ2v) is 9.47. The van der Waals surface area contributed by atoms with E-state index in [0.29, 0.717) is 5.92 Å². The van der Waals surface area contributed by atoms with Crippen molar-refractivity contribution >= 4 is 22.7 Å². The van der Waals surface area contributed by atoms with Gasteiger partial charge in [-0.15, -0.1) is 0 Å². The summed E-state index contributed by atoms with van der Waals surface area (Å²) in [7, 11) is 0. The molecule has 1 atom stereocenters. The van der Waals surface area contributed by atoms with Crippen molar-refractivity contribution in [3.63, 3.8) is 0 Å². The lowest BCUT2D eigenvalue weighted by Gasteiger charge is -2.33. The van der Waals surface area contributed by atoms with Gasteiger partial charge in [-0.05, 0) is 30.9 Å². The highest BCUT2D eigenvalue weighted by Crippen LogP contribution is 2.32. The van der Waals surface area contributed by atoms with Crippen molar-refractivity contribution in [1.29, 1.82) is 0 Å². The van der Waals surface area contributed by atoms with Crippen LogP contribution in [0.4, 0.5) is 0 Å². The van der Waals surface area contributed by atoms with Crippen molar-refractivity contribution in [2.24, 2.45) is 5.92 Å². The Kier molecular flexibility index (Phi) is 6.38. The average Bonchev–Trinajstić information content (AvgIpc) is 3.20. The van der Waals surface area contributed by atoms with Gasteiger partial charge in [0, 0.05) is 31.4 Å². The maximum absolute atomic E-state index is 13.2. The molecular formula is C22H31N3O2S. The standard InChI is InChI=1S/C22H31N3O2S/c1-16(2)13-24-11-12-27-18(14-24)15-28-22-23-20-10-6-5-9-19(20)21(26)25(22)17-7-3-4-8-17/h5-6,9-10,16-18H,3-4,7-8,11-15H2,1-2H3. The average molecular weight is 402 g/mol. The van der Waals surface area contributed by atoms with Crippen molar-refractivity contribution < 1.29 is 4.74 Å². The molecule has 152 valence electrons. The van der Waals surface area contributed by atoms with E-state index in [1.54, 1.807) is 11.8 Å². The molecule has 5 nitrogen and oxygen atoms in total. The van der Waals surface area contributed by atoms with E-state index in [2.05, 4.69) is 18.7 Å². The normalized spacial score (nSPS) is 21.8. The van der Waals surface area contributed by atoms with E-state index in [1.165, 1.54) is 12.8 Å². The van der Waals surface area contributed by atoms with Gasteiger partial charge in [0.25, 0.3) is 5.56 Å². The van der Waals surface area contributed by atoms with Gasteiger partial charge in [-0.25, -0.2) is 4.98 Å². The monoisotopic (exact) mass is 401 g/mol. The first-order valence-electron chi connectivity index (χ1n) is 10.6. The van der Waals surface area contributed by atoms with Gasteiger partial charge in [0.1, 0.15) is 0 Å². The molecule has 0 N–H and O–H groups in total. The van der Waals surface area contributed by atoms with E-state index >= 15 is 0 Å². The van der Waals surface area contributed by atoms with E-state index in [0.717, 1.165) is 60.9 Å². The van der Waals surface area contributed by atoms with Crippen molar-refractivity contribution in [2.75, 3.05) is 32.0 Å². The zero-order valence-corrected chi connectivity index (χ0v) is 17.8. The van der Waals surface area contributed by atoms with Gasteiger partial charge < -0.3 is 4.74 Å². The molecule has 1 aromatic carbocycles. The lowest BCUT2D eigenvalue weighted by Crippen LogP contribution is -2.45. The van der Waals surface area contributed by atoms with Crippen LogP contribution in [0.2, 0.25) is 0 Å². The Balaban J connectivity index is 1.55. The maximum Gasteiger partial charge on any atom is 0.262 e. The predicted octanol–water partition coefficient (Wildman–Crippen LogP) is 3.96. The molecule has 2 heterocycles. The Hall–Kier alpha value is -1.37. The van der Waals surface area contributed by atoms with Crippen LogP contribution >= 0.6 is 11.8 Å². The van der Waals surface area contributed by atoms with Gasteiger partial charge in [-0.1, -0.05) is 50.6 Å². The first-order chi connectivity index (χ1) is 13.6. The molecule has 1 saturated heterocycles. The lowest BCUT2D eigenvalue weighted by atomic mass is 10.2. The third-order valence-corrected chi connectivity index (χ3v) is 6.79. The molecule has 0 bridgehead atoms. The molecule has 1 saturated carbocycles. The van der Waals surface area contributed by atoms with Crippen molar-refractivity contribution in [3.8, 4) is 0 Å². The molecule has 0 amide bonds. The Morgan fingerprint density at radius 3 is 2.82 bits per heavy atom. The maximum atomic E-state index is 13.2. The summed E-state index contributed by atoms with van der Waals surface area (Å²) < 4.78 is 8.00. The van der Waals surface area contributed by atoms with Crippen LogP contribution in [0.25, 0.3) is 10.9 Å². The molecule has 0 radical (unpaired) electrons. The number of benzene rings is 1. The van der Waals surface area contributed by atoms with Gasteiger partial charge in [0.15, 0.2) is 5.16 Å². The molecule has 4 rings (SSSR count). The second-order valence-electron chi connectivity index (χ2n) is 8.48. The lowest BCUT2D eigenvalue weighted by molar-refractivity contribution is -0.0191. The highest BCUT2D eigenvalue weighted by atomic mass is 32.2. The fraction of sp³-hybridized carbons (Fsp3) is 0.636. The molecule has 2 fully saturated rings.